The molecular formula is C29H35N2O6S+. The average molecular weight is 540 g/mol. The molecule has 9 heteroatoms. The molecule has 1 heterocycles. The summed E-state index contributed by atoms with van der Waals surface area (Å²) in [7, 11) is -4.50. The van der Waals surface area contributed by atoms with Crippen LogP contribution in [-0.2, 0) is 10.1 Å². The van der Waals surface area contributed by atoms with Gasteiger partial charge in [0, 0.05) is 52.5 Å². The third-order valence-corrected chi connectivity index (χ3v) is 7.63. The van der Waals surface area contributed by atoms with Crippen LogP contribution in [0.1, 0.15) is 27.7 Å². The summed E-state index contributed by atoms with van der Waals surface area (Å²) in [5.74, 6) is 0.536. The first-order valence-electron chi connectivity index (χ1n) is 12.7. The monoisotopic (exact) mass is 539 g/mol. The maximum atomic E-state index is 12.4. The molecule has 0 bridgehead atoms. The Bertz CT molecular complexity index is 1590. The molecule has 0 unspecified atom stereocenters. The number of nitrogens with zero attached hydrogens (tertiary/aromatic N) is 2. The highest BCUT2D eigenvalue weighted by Crippen LogP contribution is 2.43. The lowest BCUT2D eigenvalue weighted by molar-refractivity contribution is 0.272. The highest BCUT2D eigenvalue weighted by molar-refractivity contribution is 7.86. The molecule has 8 nitrogen and oxygen atoms in total. The van der Waals surface area contributed by atoms with Gasteiger partial charge in [-0.15, -0.1) is 0 Å². The summed E-state index contributed by atoms with van der Waals surface area (Å²) in [5.41, 5.74) is 3.08. The zero-order valence-corrected chi connectivity index (χ0v) is 22.9. The van der Waals surface area contributed by atoms with Crippen LogP contribution in [0.25, 0.3) is 33.4 Å². The third kappa shape index (κ3) is 5.47. The van der Waals surface area contributed by atoms with Gasteiger partial charge in [0.15, 0.2) is 6.54 Å². The molecule has 1 aliphatic heterocycles. The Morgan fingerprint density at radius 3 is 2.29 bits per heavy atom. The fourth-order valence-electron chi connectivity index (χ4n) is 5.00. The molecule has 0 fully saturated rings. The van der Waals surface area contributed by atoms with Crippen molar-refractivity contribution in [1.82, 2.24) is 4.58 Å². The van der Waals surface area contributed by atoms with Gasteiger partial charge < -0.3 is 19.5 Å². The van der Waals surface area contributed by atoms with Gasteiger partial charge in [0.1, 0.15) is 28.9 Å². The van der Waals surface area contributed by atoms with Crippen LogP contribution in [0.2, 0.25) is 0 Å². The molecule has 0 spiro atoms. The molecule has 0 amide bonds. The predicted octanol–water partition coefficient (Wildman–Crippen LogP) is 3.83. The van der Waals surface area contributed by atoms with E-state index < -0.39 is 10.1 Å². The molecule has 2 aromatic carbocycles. The van der Waals surface area contributed by atoms with Crippen molar-refractivity contribution in [1.29, 1.82) is 0 Å². The highest BCUT2D eigenvalue weighted by atomic mass is 32.2. The number of anilines is 1. The summed E-state index contributed by atoms with van der Waals surface area (Å²) in [4.78, 5) is 1.87. The summed E-state index contributed by atoms with van der Waals surface area (Å²) >= 11 is 0. The molecule has 38 heavy (non-hydrogen) atoms. The molecule has 3 N–H and O–H groups in total. The van der Waals surface area contributed by atoms with Gasteiger partial charge in [-0.3, -0.25) is 4.55 Å². The van der Waals surface area contributed by atoms with Crippen LogP contribution in [-0.4, -0.2) is 61.6 Å². The Hall–Kier alpha value is -3.24. The quantitative estimate of drug-likeness (QED) is 0.168. The average Bonchev–Trinajstić information content (AvgIpc) is 2.87. The molecule has 202 valence electrons. The molecule has 0 saturated carbocycles. The van der Waals surface area contributed by atoms with Gasteiger partial charge in [-0.05, 0) is 52.0 Å². The van der Waals surface area contributed by atoms with Crippen LogP contribution < -0.4 is 14.8 Å². The van der Waals surface area contributed by atoms with E-state index in [0.717, 1.165) is 11.0 Å². The number of fused-ring (bicyclic) bond motifs is 2. The van der Waals surface area contributed by atoms with Crippen LogP contribution in [0.15, 0.2) is 70.0 Å². The van der Waals surface area contributed by atoms with Crippen molar-refractivity contribution in [3.8, 4) is 22.5 Å². The van der Waals surface area contributed by atoms with E-state index in [1.165, 1.54) is 6.07 Å². The zero-order valence-electron chi connectivity index (χ0n) is 22.1. The first-order valence-corrected chi connectivity index (χ1v) is 14.2. The fraction of sp³-hybridized carbons (Fsp3) is 0.345. The van der Waals surface area contributed by atoms with Gasteiger partial charge >= 0.3 is 0 Å². The van der Waals surface area contributed by atoms with Crippen LogP contribution in [0.5, 0.6) is 0 Å². The standard InChI is InChI=1S/C29H34N2O6S/c1-19(2)30(13-15-32)21-9-11-23-26(17-21)37-27-18-22(31(14-16-33)20(3)4)10-12-24(27)29(23)25-7-5-6-8-28(25)38(34,35)36/h5-12,17-20,32-33H,13-16H2,1-4H3/p+1. The molecule has 2 aromatic rings. The minimum absolute atomic E-state index is 0.00266. The first-order chi connectivity index (χ1) is 18.1. The maximum Gasteiger partial charge on any atom is 0.295 e. The van der Waals surface area contributed by atoms with Crippen molar-refractivity contribution in [2.75, 3.05) is 31.2 Å². The zero-order chi connectivity index (χ0) is 27.6. The van der Waals surface area contributed by atoms with Gasteiger partial charge in [0.25, 0.3) is 10.1 Å². The van der Waals surface area contributed by atoms with Crippen molar-refractivity contribution in [2.45, 2.75) is 44.7 Å². The Morgan fingerprint density at radius 2 is 1.66 bits per heavy atom. The second kappa shape index (κ2) is 11.2. The van der Waals surface area contributed by atoms with Gasteiger partial charge in [0.2, 0.25) is 5.36 Å². The SMILES string of the molecule is CC(C)N(CCO)c1ccc2c(-c3ccccc3S(=O)(=O)O)c3ccc(=[N+](CCO)C(C)C)cc-3oc2c1. The molecule has 1 aliphatic carbocycles. The summed E-state index contributed by atoms with van der Waals surface area (Å²) in [6.45, 7) is 9.05. The summed E-state index contributed by atoms with van der Waals surface area (Å²) in [5, 5.41) is 20.8. The maximum absolute atomic E-state index is 12.4. The lowest BCUT2D eigenvalue weighted by atomic mass is 9.93. The van der Waals surface area contributed by atoms with E-state index in [-0.39, 0.29) is 30.2 Å². The van der Waals surface area contributed by atoms with E-state index in [0.29, 0.717) is 46.5 Å². The van der Waals surface area contributed by atoms with Crippen LogP contribution >= 0.6 is 0 Å². The lowest BCUT2D eigenvalue weighted by Gasteiger charge is -2.28. The van der Waals surface area contributed by atoms with E-state index in [1.807, 2.05) is 64.1 Å². The second-order valence-corrected chi connectivity index (χ2v) is 11.2. The highest BCUT2D eigenvalue weighted by Gasteiger charge is 2.25. The Morgan fingerprint density at radius 1 is 0.921 bits per heavy atom. The molecule has 0 saturated heterocycles. The Balaban J connectivity index is 2.14. The second-order valence-electron chi connectivity index (χ2n) is 9.83. The van der Waals surface area contributed by atoms with E-state index in [4.69, 9.17) is 4.42 Å². The fourth-order valence-corrected chi connectivity index (χ4v) is 5.70. The van der Waals surface area contributed by atoms with E-state index >= 15 is 0 Å². The van der Waals surface area contributed by atoms with Crippen molar-refractivity contribution >= 4 is 26.8 Å². The predicted molar refractivity (Wildman–Crippen MR) is 150 cm³/mol. The van der Waals surface area contributed by atoms with Gasteiger partial charge in [-0.2, -0.15) is 8.42 Å². The van der Waals surface area contributed by atoms with Crippen LogP contribution in [0, 0.1) is 0 Å². The number of aliphatic hydroxyl groups is 2. The largest absolute Gasteiger partial charge is 0.456 e. The Kier molecular flexibility index (Phi) is 8.22. The summed E-state index contributed by atoms with van der Waals surface area (Å²) in [6.07, 6.45) is 0. The van der Waals surface area contributed by atoms with E-state index in [9.17, 15) is 23.2 Å². The lowest BCUT2D eigenvalue weighted by Crippen LogP contribution is -2.37. The summed E-state index contributed by atoms with van der Waals surface area (Å²) in [6, 6.07) is 18.0. The number of benzene rings is 3. The molecular weight excluding hydrogens is 504 g/mol. The Labute approximate surface area is 223 Å². The topological polar surface area (TPSA) is 114 Å². The van der Waals surface area contributed by atoms with Crippen molar-refractivity contribution in [3.05, 3.63) is 66.0 Å². The van der Waals surface area contributed by atoms with Gasteiger partial charge in [-0.1, -0.05) is 18.2 Å². The molecule has 0 radical (unpaired) electrons. The number of rotatable bonds is 9. The van der Waals surface area contributed by atoms with Gasteiger partial charge in [-0.25, -0.2) is 4.58 Å². The molecule has 4 rings (SSSR count). The third-order valence-electron chi connectivity index (χ3n) is 6.72. The van der Waals surface area contributed by atoms with Crippen LogP contribution in [0.4, 0.5) is 5.69 Å². The van der Waals surface area contributed by atoms with Crippen molar-refractivity contribution in [2.24, 2.45) is 0 Å². The van der Waals surface area contributed by atoms with Crippen LogP contribution in [0.3, 0.4) is 0 Å². The number of aliphatic hydroxyl groups excluding tert-OH is 2. The molecule has 0 aromatic heterocycles. The minimum atomic E-state index is -4.50. The first kappa shape index (κ1) is 27.8. The molecule has 0 atom stereocenters. The number of hydrogen-bond donors (Lipinski definition) is 3. The summed E-state index contributed by atoms with van der Waals surface area (Å²) < 4.78 is 43.2. The van der Waals surface area contributed by atoms with E-state index in [2.05, 4.69) is 9.48 Å². The van der Waals surface area contributed by atoms with Gasteiger partial charge in [0.05, 0.1) is 12.7 Å². The van der Waals surface area contributed by atoms with Crippen molar-refractivity contribution in [3.63, 3.8) is 0 Å². The van der Waals surface area contributed by atoms with E-state index in [1.54, 1.807) is 18.2 Å². The smallest absolute Gasteiger partial charge is 0.295 e. The minimum Gasteiger partial charge on any atom is -0.456 e. The van der Waals surface area contributed by atoms with Crippen molar-refractivity contribution < 1.29 is 27.6 Å². The normalized spacial score (nSPS) is 13.1. The number of hydrogen-bond acceptors (Lipinski definition) is 6. The molecule has 2 aliphatic rings.